The van der Waals surface area contributed by atoms with Crippen molar-refractivity contribution in [3.8, 4) is 11.5 Å². The second kappa shape index (κ2) is 7.81. The van der Waals surface area contributed by atoms with E-state index in [0.717, 1.165) is 16.9 Å². The summed E-state index contributed by atoms with van der Waals surface area (Å²) in [6.07, 6.45) is 2.39. The molecule has 2 N–H and O–H groups in total. The highest BCUT2D eigenvalue weighted by Gasteiger charge is 2.04. The van der Waals surface area contributed by atoms with E-state index in [-0.39, 0.29) is 11.5 Å². The minimum atomic E-state index is -0.178. The molecular weight excluding hydrogens is 334 g/mol. The summed E-state index contributed by atoms with van der Waals surface area (Å²) in [6.45, 7) is 2.63. The Balaban J connectivity index is 1.80. The van der Waals surface area contributed by atoms with Gasteiger partial charge in [0.1, 0.15) is 0 Å². The Labute approximate surface area is 149 Å². The van der Waals surface area contributed by atoms with Crippen LogP contribution in [0.1, 0.15) is 16.8 Å². The van der Waals surface area contributed by atoms with Crippen LogP contribution in [0.15, 0.2) is 64.0 Å². The van der Waals surface area contributed by atoms with Crippen LogP contribution < -0.4 is 4.80 Å². The SMILES string of the molecule is Cc1csc(=NCCc2ccccc2)n1N=Cc1cccc(O)c1O. The Hall–Kier alpha value is -2.86. The summed E-state index contributed by atoms with van der Waals surface area (Å²) >= 11 is 1.52. The molecule has 0 atom stereocenters. The van der Waals surface area contributed by atoms with E-state index in [2.05, 4.69) is 22.2 Å². The molecule has 1 aromatic heterocycles. The van der Waals surface area contributed by atoms with Gasteiger partial charge in [-0.25, -0.2) is 4.68 Å². The van der Waals surface area contributed by atoms with Gasteiger partial charge in [0.25, 0.3) is 0 Å². The summed E-state index contributed by atoms with van der Waals surface area (Å²) in [7, 11) is 0. The summed E-state index contributed by atoms with van der Waals surface area (Å²) in [5, 5.41) is 25.8. The molecular formula is C19H19N3O2S. The van der Waals surface area contributed by atoms with Gasteiger partial charge in [-0.2, -0.15) is 5.10 Å². The van der Waals surface area contributed by atoms with Crippen LogP contribution in [0.2, 0.25) is 0 Å². The first-order valence-electron chi connectivity index (χ1n) is 7.92. The molecule has 0 saturated carbocycles. The number of aromatic nitrogens is 1. The zero-order valence-corrected chi connectivity index (χ0v) is 14.6. The van der Waals surface area contributed by atoms with Crippen LogP contribution in [0.4, 0.5) is 0 Å². The highest BCUT2D eigenvalue weighted by molar-refractivity contribution is 7.07. The van der Waals surface area contributed by atoms with Crippen molar-refractivity contribution in [2.75, 3.05) is 6.54 Å². The van der Waals surface area contributed by atoms with Crippen molar-refractivity contribution < 1.29 is 10.2 Å². The molecule has 0 aliphatic rings. The number of benzene rings is 2. The lowest BCUT2D eigenvalue weighted by Crippen LogP contribution is -2.13. The van der Waals surface area contributed by atoms with Crippen molar-refractivity contribution >= 4 is 17.6 Å². The van der Waals surface area contributed by atoms with E-state index in [9.17, 15) is 10.2 Å². The number of aromatic hydroxyl groups is 2. The molecule has 0 fully saturated rings. The minimum absolute atomic E-state index is 0.163. The third-order valence-corrected chi connectivity index (χ3v) is 4.67. The number of thiazole rings is 1. The van der Waals surface area contributed by atoms with Crippen LogP contribution in [0, 0.1) is 6.92 Å². The lowest BCUT2D eigenvalue weighted by atomic mass is 10.2. The summed E-state index contributed by atoms with van der Waals surface area (Å²) in [5.74, 6) is -0.342. The Morgan fingerprint density at radius 1 is 1.08 bits per heavy atom. The quantitative estimate of drug-likeness (QED) is 0.546. The molecule has 0 spiro atoms. The molecule has 2 aromatic carbocycles. The lowest BCUT2D eigenvalue weighted by Gasteiger charge is -2.02. The fraction of sp³-hybridized carbons (Fsp3) is 0.158. The fourth-order valence-electron chi connectivity index (χ4n) is 2.33. The van der Waals surface area contributed by atoms with Gasteiger partial charge in [0.2, 0.25) is 4.80 Å². The van der Waals surface area contributed by atoms with Gasteiger partial charge in [0.05, 0.1) is 11.9 Å². The molecule has 25 heavy (non-hydrogen) atoms. The van der Waals surface area contributed by atoms with Gasteiger partial charge in [-0.15, -0.1) is 11.3 Å². The first-order chi connectivity index (χ1) is 12.1. The van der Waals surface area contributed by atoms with Crippen molar-refractivity contribution in [3.63, 3.8) is 0 Å². The number of hydrogen-bond acceptors (Lipinski definition) is 5. The maximum atomic E-state index is 9.86. The van der Waals surface area contributed by atoms with Gasteiger partial charge < -0.3 is 10.2 Å². The predicted molar refractivity (Wildman–Crippen MR) is 100 cm³/mol. The van der Waals surface area contributed by atoms with E-state index in [1.165, 1.54) is 29.2 Å². The molecule has 0 saturated heterocycles. The van der Waals surface area contributed by atoms with Gasteiger partial charge >= 0.3 is 0 Å². The van der Waals surface area contributed by atoms with E-state index in [4.69, 9.17) is 0 Å². The molecule has 1 heterocycles. The Bertz CT molecular complexity index is 943. The molecule has 128 valence electrons. The molecule has 0 aliphatic carbocycles. The summed E-state index contributed by atoms with van der Waals surface area (Å²) in [5.41, 5.74) is 2.66. The number of hydrogen-bond donors (Lipinski definition) is 2. The summed E-state index contributed by atoms with van der Waals surface area (Å²) in [6, 6.07) is 15.0. The first-order valence-corrected chi connectivity index (χ1v) is 8.80. The zero-order chi connectivity index (χ0) is 17.6. The number of para-hydroxylation sites is 1. The van der Waals surface area contributed by atoms with Crippen LogP contribution in [0.5, 0.6) is 11.5 Å². The molecule has 0 aliphatic heterocycles. The summed E-state index contributed by atoms with van der Waals surface area (Å²) < 4.78 is 1.74. The fourth-order valence-corrected chi connectivity index (χ4v) is 3.16. The smallest absolute Gasteiger partial charge is 0.205 e. The highest BCUT2D eigenvalue weighted by Crippen LogP contribution is 2.26. The van der Waals surface area contributed by atoms with Gasteiger partial charge in [-0.1, -0.05) is 36.4 Å². The van der Waals surface area contributed by atoms with Gasteiger partial charge in [0, 0.05) is 17.5 Å². The minimum Gasteiger partial charge on any atom is -0.504 e. The van der Waals surface area contributed by atoms with Crippen molar-refractivity contribution in [3.05, 3.63) is 75.5 Å². The van der Waals surface area contributed by atoms with Gasteiger partial charge in [-0.05, 0) is 31.0 Å². The van der Waals surface area contributed by atoms with E-state index in [1.807, 2.05) is 30.5 Å². The number of phenolic OH excluding ortho intramolecular Hbond substituents is 2. The lowest BCUT2D eigenvalue weighted by molar-refractivity contribution is 0.403. The van der Waals surface area contributed by atoms with E-state index >= 15 is 0 Å². The maximum absolute atomic E-state index is 9.86. The number of rotatable bonds is 5. The Morgan fingerprint density at radius 2 is 1.88 bits per heavy atom. The third-order valence-electron chi connectivity index (χ3n) is 3.70. The predicted octanol–water partition coefficient (Wildman–Crippen LogP) is 3.29. The van der Waals surface area contributed by atoms with E-state index in [1.54, 1.807) is 16.8 Å². The van der Waals surface area contributed by atoms with Crippen LogP contribution in [-0.2, 0) is 6.42 Å². The average Bonchev–Trinajstić information content (AvgIpc) is 2.97. The molecule has 3 aromatic rings. The molecule has 0 amide bonds. The number of phenols is 2. The average molecular weight is 353 g/mol. The van der Waals surface area contributed by atoms with Crippen molar-refractivity contribution in [1.29, 1.82) is 0 Å². The van der Waals surface area contributed by atoms with Crippen molar-refractivity contribution in [2.24, 2.45) is 10.1 Å². The third kappa shape index (κ3) is 4.16. The normalized spacial score (nSPS) is 12.1. The molecule has 6 heteroatoms. The standard InChI is InChI=1S/C19H19N3O2S/c1-14-13-25-19(20-11-10-15-6-3-2-4-7-15)22(14)21-12-16-8-5-9-17(23)18(16)24/h2-9,12-13,23-24H,10-11H2,1H3. The highest BCUT2D eigenvalue weighted by atomic mass is 32.1. The second-order valence-corrected chi connectivity index (χ2v) is 6.38. The monoisotopic (exact) mass is 353 g/mol. The van der Waals surface area contributed by atoms with Crippen molar-refractivity contribution in [1.82, 2.24) is 4.68 Å². The number of aryl methyl sites for hydroxylation is 1. The van der Waals surface area contributed by atoms with E-state index < -0.39 is 0 Å². The molecule has 0 bridgehead atoms. The van der Waals surface area contributed by atoms with Crippen LogP contribution >= 0.6 is 11.3 Å². The largest absolute Gasteiger partial charge is 0.504 e. The van der Waals surface area contributed by atoms with Gasteiger partial charge in [-0.3, -0.25) is 4.99 Å². The molecule has 5 nitrogen and oxygen atoms in total. The molecule has 0 radical (unpaired) electrons. The van der Waals surface area contributed by atoms with Crippen LogP contribution in [0.3, 0.4) is 0 Å². The van der Waals surface area contributed by atoms with E-state index in [0.29, 0.717) is 12.1 Å². The number of nitrogens with zero attached hydrogens (tertiary/aromatic N) is 3. The molecule has 0 unspecified atom stereocenters. The van der Waals surface area contributed by atoms with Crippen molar-refractivity contribution in [2.45, 2.75) is 13.3 Å². The Morgan fingerprint density at radius 3 is 2.68 bits per heavy atom. The summed E-state index contributed by atoms with van der Waals surface area (Å²) in [4.78, 5) is 5.43. The maximum Gasteiger partial charge on any atom is 0.205 e. The van der Waals surface area contributed by atoms with Crippen LogP contribution in [-0.4, -0.2) is 27.6 Å². The first kappa shape index (κ1) is 17.0. The second-order valence-electron chi connectivity index (χ2n) is 5.55. The topological polar surface area (TPSA) is 70.1 Å². The zero-order valence-electron chi connectivity index (χ0n) is 13.8. The van der Waals surface area contributed by atoms with Gasteiger partial charge in [0.15, 0.2) is 11.5 Å². The molecule has 3 rings (SSSR count). The van der Waals surface area contributed by atoms with Crippen LogP contribution in [0.25, 0.3) is 0 Å². The Kier molecular flexibility index (Phi) is 5.30.